The molecule has 0 bridgehead atoms. The Morgan fingerprint density at radius 2 is 2.19 bits per heavy atom. The summed E-state index contributed by atoms with van der Waals surface area (Å²) in [5.74, 6) is 0. The SMILES string of the molecule is Cc1ncsc1CCNc1ccccc1Cl. The molecule has 1 heterocycles. The smallest absolute Gasteiger partial charge is 0.0797 e. The molecule has 16 heavy (non-hydrogen) atoms. The highest BCUT2D eigenvalue weighted by Crippen LogP contribution is 2.20. The van der Waals surface area contributed by atoms with Crippen LogP contribution in [0.1, 0.15) is 10.6 Å². The van der Waals surface area contributed by atoms with E-state index in [4.69, 9.17) is 11.6 Å². The van der Waals surface area contributed by atoms with Crippen LogP contribution in [-0.2, 0) is 6.42 Å². The molecule has 0 aliphatic rings. The predicted octanol–water partition coefficient (Wildman–Crippen LogP) is 3.76. The van der Waals surface area contributed by atoms with Crippen molar-refractivity contribution in [1.29, 1.82) is 0 Å². The van der Waals surface area contributed by atoms with Crippen molar-refractivity contribution in [3.8, 4) is 0 Å². The molecule has 0 saturated carbocycles. The van der Waals surface area contributed by atoms with E-state index in [0.29, 0.717) is 0 Å². The first-order chi connectivity index (χ1) is 7.77. The van der Waals surface area contributed by atoms with E-state index in [9.17, 15) is 0 Å². The Hall–Kier alpha value is -1.06. The van der Waals surface area contributed by atoms with Gasteiger partial charge in [-0.05, 0) is 19.1 Å². The van der Waals surface area contributed by atoms with Crippen LogP contribution in [0.5, 0.6) is 0 Å². The van der Waals surface area contributed by atoms with Crippen molar-refractivity contribution < 1.29 is 0 Å². The number of nitrogens with zero attached hydrogens (tertiary/aromatic N) is 1. The minimum atomic E-state index is 0.767. The Kier molecular flexibility index (Phi) is 3.80. The fraction of sp³-hybridized carbons (Fsp3) is 0.250. The Balaban J connectivity index is 1.89. The van der Waals surface area contributed by atoms with Crippen LogP contribution in [0.15, 0.2) is 29.8 Å². The fourth-order valence-corrected chi connectivity index (χ4v) is 2.47. The van der Waals surface area contributed by atoms with Gasteiger partial charge in [-0.1, -0.05) is 23.7 Å². The number of hydrogen-bond acceptors (Lipinski definition) is 3. The molecular formula is C12H13ClN2S. The third-order valence-electron chi connectivity index (χ3n) is 2.39. The Morgan fingerprint density at radius 3 is 2.88 bits per heavy atom. The maximum absolute atomic E-state index is 6.04. The molecule has 1 aromatic heterocycles. The van der Waals surface area contributed by atoms with Crippen LogP contribution in [0.2, 0.25) is 5.02 Å². The molecule has 0 amide bonds. The zero-order valence-corrected chi connectivity index (χ0v) is 10.6. The van der Waals surface area contributed by atoms with Crippen LogP contribution in [0.3, 0.4) is 0 Å². The average Bonchev–Trinajstić information content (AvgIpc) is 2.67. The summed E-state index contributed by atoms with van der Waals surface area (Å²) in [7, 11) is 0. The third-order valence-corrected chi connectivity index (χ3v) is 3.71. The second kappa shape index (κ2) is 5.32. The van der Waals surface area contributed by atoms with Crippen molar-refractivity contribution >= 4 is 28.6 Å². The van der Waals surface area contributed by atoms with Gasteiger partial charge in [0, 0.05) is 17.8 Å². The lowest BCUT2D eigenvalue weighted by atomic mass is 10.3. The molecular weight excluding hydrogens is 240 g/mol. The summed E-state index contributed by atoms with van der Waals surface area (Å²) in [5, 5.41) is 4.09. The number of thiazole rings is 1. The maximum Gasteiger partial charge on any atom is 0.0797 e. The van der Waals surface area contributed by atoms with Gasteiger partial charge in [0.2, 0.25) is 0 Å². The van der Waals surface area contributed by atoms with Gasteiger partial charge in [-0.15, -0.1) is 11.3 Å². The van der Waals surface area contributed by atoms with E-state index in [-0.39, 0.29) is 0 Å². The molecule has 0 aliphatic carbocycles. The van der Waals surface area contributed by atoms with E-state index in [0.717, 1.165) is 29.4 Å². The molecule has 0 spiro atoms. The van der Waals surface area contributed by atoms with E-state index in [1.54, 1.807) is 11.3 Å². The molecule has 0 unspecified atom stereocenters. The quantitative estimate of drug-likeness (QED) is 0.896. The highest BCUT2D eigenvalue weighted by atomic mass is 35.5. The van der Waals surface area contributed by atoms with E-state index in [1.165, 1.54) is 4.88 Å². The number of benzene rings is 1. The van der Waals surface area contributed by atoms with E-state index in [1.807, 2.05) is 36.7 Å². The molecule has 84 valence electrons. The number of hydrogen-bond donors (Lipinski definition) is 1. The summed E-state index contributed by atoms with van der Waals surface area (Å²) in [4.78, 5) is 5.56. The lowest BCUT2D eigenvalue weighted by Crippen LogP contribution is -2.04. The Labute approximate surface area is 104 Å². The number of anilines is 1. The van der Waals surface area contributed by atoms with Crippen LogP contribution in [0.25, 0.3) is 0 Å². The van der Waals surface area contributed by atoms with Gasteiger partial charge in [0.1, 0.15) is 0 Å². The largest absolute Gasteiger partial charge is 0.383 e. The van der Waals surface area contributed by atoms with Crippen molar-refractivity contribution in [1.82, 2.24) is 4.98 Å². The first-order valence-corrected chi connectivity index (χ1v) is 6.40. The highest BCUT2D eigenvalue weighted by molar-refractivity contribution is 7.09. The molecule has 0 radical (unpaired) electrons. The summed E-state index contributed by atoms with van der Waals surface area (Å²) in [5.41, 5.74) is 4.01. The summed E-state index contributed by atoms with van der Waals surface area (Å²) in [6.07, 6.45) is 0.988. The molecule has 2 rings (SSSR count). The maximum atomic E-state index is 6.04. The van der Waals surface area contributed by atoms with Crippen molar-refractivity contribution in [2.75, 3.05) is 11.9 Å². The number of halogens is 1. The molecule has 2 aromatic rings. The molecule has 1 aromatic carbocycles. The van der Waals surface area contributed by atoms with Gasteiger partial charge in [0.25, 0.3) is 0 Å². The summed E-state index contributed by atoms with van der Waals surface area (Å²) in [6.45, 7) is 2.92. The second-order valence-corrected chi connectivity index (χ2v) is 4.86. The number of aromatic nitrogens is 1. The summed E-state index contributed by atoms with van der Waals surface area (Å²) >= 11 is 7.75. The number of rotatable bonds is 4. The minimum Gasteiger partial charge on any atom is -0.383 e. The van der Waals surface area contributed by atoms with Crippen molar-refractivity contribution in [2.24, 2.45) is 0 Å². The molecule has 0 fully saturated rings. The standard InChI is InChI=1S/C12H13ClN2S/c1-9-12(16-8-15-9)6-7-14-11-5-3-2-4-10(11)13/h2-5,8,14H,6-7H2,1H3. The van der Waals surface area contributed by atoms with Crippen molar-refractivity contribution in [2.45, 2.75) is 13.3 Å². The van der Waals surface area contributed by atoms with E-state index < -0.39 is 0 Å². The van der Waals surface area contributed by atoms with E-state index in [2.05, 4.69) is 10.3 Å². The predicted molar refractivity (Wildman–Crippen MR) is 70.5 cm³/mol. The van der Waals surface area contributed by atoms with Gasteiger partial charge in [-0.2, -0.15) is 0 Å². The fourth-order valence-electron chi connectivity index (χ4n) is 1.48. The molecule has 2 nitrogen and oxygen atoms in total. The summed E-state index contributed by atoms with van der Waals surface area (Å²) in [6, 6.07) is 7.79. The van der Waals surface area contributed by atoms with Gasteiger partial charge < -0.3 is 5.32 Å². The lowest BCUT2D eigenvalue weighted by Gasteiger charge is -2.07. The lowest BCUT2D eigenvalue weighted by molar-refractivity contribution is 1.02. The first kappa shape index (κ1) is 11.4. The molecule has 4 heteroatoms. The third kappa shape index (κ3) is 2.74. The topological polar surface area (TPSA) is 24.9 Å². The number of para-hydroxylation sites is 1. The van der Waals surface area contributed by atoms with Crippen LogP contribution < -0.4 is 5.32 Å². The summed E-state index contributed by atoms with van der Waals surface area (Å²) < 4.78 is 0. The second-order valence-electron chi connectivity index (χ2n) is 3.52. The highest BCUT2D eigenvalue weighted by Gasteiger charge is 2.01. The van der Waals surface area contributed by atoms with Gasteiger partial charge >= 0.3 is 0 Å². The zero-order valence-electron chi connectivity index (χ0n) is 9.03. The van der Waals surface area contributed by atoms with Gasteiger partial charge in [-0.3, -0.25) is 0 Å². The number of aryl methyl sites for hydroxylation is 1. The van der Waals surface area contributed by atoms with Crippen LogP contribution in [0, 0.1) is 6.92 Å². The zero-order chi connectivity index (χ0) is 11.4. The van der Waals surface area contributed by atoms with Gasteiger partial charge in [0.15, 0.2) is 0 Å². The first-order valence-electron chi connectivity index (χ1n) is 5.15. The van der Waals surface area contributed by atoms with E-state index >= 15 is 0 Å². The monoisotopic (exact) mass is 252 g/mol. The van der Waals surface area contributed by atoms with Crippen molar-refractivity contribution in [3.05, 3.63) is 45.4 Å². The van der Waals surface area contributed by atoms with Gasteiger partial charge in [0.05, 0.1) is 21.9 Å². The normalized spacial score (nSPS) is 10.4. The van der Waals surface area contributed by atoms with Crippen LogP contribution in [0.4, 0.5) is 5.69 Å². The molecule has 0 atom stereocenters. The average molecular weight is 253 g/mol. The minimum absolute atomic E-state index is 0.767. The van der Waals surface area contributed by atoms with Crippen molar-refractivity contribution in [3.63, 3.8) is 0 Å². The Morgan fingerprint density at radius 1 is 1.38 bits per heavy atom. The Bertz CT molecular complexity index is 468. The van der Waals surface area contributed by atoms with Crippen LogP contribution in [-0.4, -0.2) is 11.5 Å². The number of nitrogens with one attached hydrogen (secondary N) is 1. The molecule has 1 N–H and O–H groups in total. The van der Waals surface area contributed by atoms with Crippen LogP contribution >= 0.6 is 22.9 Å². The van der Waals surface area contributed by atoms with Gasteiger partial charge in [-0.25, -0.2) is 4.98 Å². The molecule has 0 saturated heterocycles. The molecule has 0 aliphatic heterocycles.